The molecule has 0 spiro atoms. The Morgan fingerprint density at radius 2 is 1.51 bits per heavy atom. The zero-order valence-electron chi connectivity index (χ0n) is 19.5. The van der Waals surface area contributed by atoms with Crippen LogP contribution in [0.5, 0.6) is 11.5 Å². The number of methoxy groups -OCH3 is 3. The first-order valence-corrected chi connectivity index (χ1v) is 12.0. The number of ether oxygens (including phenoxy) is 3. The maximum Gasteiger partial charge on any atom is 0.339 e. The van der Waals surface area contributed by atoms with Gasteiger partial charge in [-0.25, -0.2) is 13.2 Å². The van der Waals surface area contributed by atoms with Gasteiger partial charge in [-0.1, -0.05) is 42.5 Å². The molecule has 0 heterocycles. The molecule has 35 heavy (non-hydrogen) atoms. The molecular weight excluding hydrogens is 472 g/mol. The van der Waals surface area contributed by atoms with Gasteiger partial charge >= 0.3 is 5.97 Å². The highest BCUT2D eigenvalue weighted by molar-refractivity contribution is 7.89. The summed E-state index contributed by atoms with van der Waals surface area (Å²) in [4.78, 5) is 25.3. The van der Waals surface area contributed by atoms with Crippen LogP contribution >= 0.6 is 0 Å². The van der Waals surface area contributed by atoms with Gasteiger partial charge in [0, 0.05) is 6.07 Å². The maximum absolute atomic E-state index is 13.3. The fourth-order valence-electron chi connectivity index (χ4n) is 3.38. The third kappa shape index (κ3) is 6.37. The van der Waals surface area contributed by atoms with Crippen LogP contribution in [-0.2, 0) is 26.0 Å². The molecule has 0 saturated carbocycles. The minimum absolute atomic E-state index is 0.0690. The molecule has 3 aromatic rings. The fourth-order valence-corrected chi connectivity index (χ4v) is 4.59. The van der Waals surface area contributed by atoms with Crippen LogP contribution < -0.4 is 19.5 Å². The van der Waals surface area contributed by atoms with E-state index in [0.29, 0.717) is 5.75 Å². The van der Waals surface area contributed by atoms with Crippen molar-refractivity contribution in [1.29, 1.82) is 0 Å². The lowest BCUT2D eigenvalue weighted by Gasteiger charge is -2.20. The van der Waals surface area contributed by atoms with E-state index in [1.807, 2.05) is 6.07 Å². The van der Waals surface area contributed by atoms with Crippen molar-refractivity contribution < 1.29 is 32.2 Å². The summed E-state index contributed by atoms with van der Waals surface area (Å²) < 4.78 is 44.1. The quantitative estimate of drug-likeness (QED) is 0.412. The number of esters is 1. The van der Waals surface area contributed by atoms with E-state index in [1.54, 1.807) is 36.4 Å². The van der Waals surface area contributed by atoms with Gasteiger partial charge in [-0.3, -0.25) is 4.79 Å². The Balaban J connectivity index is 1.93. The van der Waals surface area contributed by atoms with Gasteiger partial charge in [0.2, 0.25) is 15.9 Å². The van der Waals surface area contributed by atoms with Crippen LogP contribution in [0.15, 0.2) is 77.7 Å². The van der Waals surface area contributed by atoms with Crippen molar-refractivity contribution in [2.75, 3.05) is 26.6 Å². The van der Waals surface area contributed by atoms with E-state index in [0.717, 1.165) is 5.56 Å². The molecule has 0 aliphatic carbocycles. The predicted octanol–water partition coefficient (Wildman–Crippen LogP) is 3.02. The molecular formula is C25H26N2O7S. The number of sulfonamides is 1. The van der Waals surface area contributed by atoms with Crippen LogP contribution in [0.4, 0.5) is 5.69 Å². The van der Waals surface area contributed by atoms with E-state index in [-0.39, 0.29) is 28.3 Å². The average Bonchev–Trinajstić information content (AvgIpc) is 2.88. The summed E-state index contributed by atoms with van der Waals surface area (Å²) >= 11 is 0. The monoisotopic (exact) mass is 498 g/mol. The zero-order valence-corrected chi connectivity index (χ0v) is 20.3. The van der Waals surface area contributed by atoms with E-state index in [1.165, 1.54) is 51.7 Å². The molecule has 1 amide bonds. The standard InChI is InChI=1S/C25H26N2O7S/c1-32-22-14-13-18(16-23(22)33-2)35(30,31)27-21(15-17-9-5-4-6-10-17)24(28)26-20-12-8-7-11-19(20)25(29)34-3/h4-14,16,21,27H,15H2,1-3H3,(H,26,28). The summed E-state index contributed by atoms with van der Waals surface area (Å²) in [5.74, 6) is -0.684. The molecule has 0 fully saturated rings. The average molecular weight is 499 g/mol. The molecule has 0 aliphatic rings. The Kier molecular flexibility index (Phi) is 8.45. The van der Waals surface area contributed by atoms with Gasteiger partial charge in [0.1, 0.15) is 6.04 Å². The highest BCUT2D eigenvalue weighted by Gasteiger charge is 2.28. The van der Waals surface area contributed by atoms with Crippen molar-refractivity contribution in [3.63, 3.8) is 0 Å². The van der Waals surface area contributed by atoms with Gasteiger partial charge in [-0.15, -0.1) is 0 Å². The summed E-state index contributed by atoms with van der Waals surface area (Å²) in [7, 11) is -0.0750. The Labute approximate surface area is 204 Å². The molecule has 3 aromatic carbocycles. The maximum atomic E-state index is 13.3. The van der Waals surface area contributed by atoms with Gasteiger partial charge < -0.3 is 19.5 Å². The van der Waals surface area contributed by atoms with Gasteiger partial charge in [0.15, 0.2) is 11.5 Å². The molecule has 0 aliphatic heterocycles. The molecule has 2 N–H and O–H groups in total. The number of para-hydroxylation sites is 1. The second-order valence-corrected chi connectivity index (χ2v) is 9.12. The number of carbonyl (C=O) groups excluding carboxylic acids is 2. The Bertz CT molecular complexity index is 1290. The molecule has 0 aromatic heterocycles. The number of carbonyl (C=O) groups is 2. The third-order valence-electron chi connectivity index (χ3n) is 5.15. The lowest BCUT2D eigenvalue weighted by Crippen LogP contribution is -2.45. The largest absolute Gasteiger partial charge is 0.493 e. The first-order valence-electron chi connectivity index (χ1n) is 10.6. The van der Waals surface area contributed by atoms with Gasteiger partial charge in [-0.05, 0) is 36.2 Å². The van der Waals surface area contributed by atoms with Gasteiger partial charge in [0.05, 0.1) is 37.5 Å². The van der Waals surface area contributed by atoms with Crippen LogP contribution in [0.2, 0.25) is 0 Å². The van der Waals surface area contributed by atoms with Crippen LogP contribution in [-0.4, -0.2) is 47.7 Å². The third-order valence-corrected chi connectivity index (χ3v) is 6.62. The Morgan fingerprint density at radius 1 is 0.857 bits per heavy atom. The number of nitrogens with one attached hydrogen (secondary N) is 2. The molecule has 0 saturated heterocycles. The summed E-state index contributed by atoms with van der Waals surface area (Å²) in [6.45, 7) is 0. The Morgan fingerprint density at radius 3 is 2.17 bits per heavy atom. The van der Waals surface area contributed by atoms with Crippen molar-refractivity contribution >= 4 is 27.6 Å². The van der Waals surface area contributed by atoms with Crippen molar-refractivity contribution in [1.82, 2.24) is 4.72 Å². The normalized spacial score (nSPS) is 11.9. The van der Waals surface area contributed by atoms with Crippen LogP contribution in [0.25, 0.3) is 0 Å². The van der Waals surface area contributed by atoms with Crippen molar-refractivity contribution in [3.05, 3.63) is 83.9 Å². The summed E-state index contributed by atoms with van der Waals surface area (Å²) in [6, 6.07) is 18.2. The highest BCUT2D eigenvalue weighted by Crippen LogP contribution is 2.29. The number of rotatable bonds is 10. The molecule has 9 nitrogen and oxygen atoms in total. The lowest BCUT2D eigenvalue weighted by atomic mass is 10.1. The highest BCUT2D eigenvalue weighted by atomic mass is 32.2. The zero-order chi connectivity index (χ0) is 25.4. The van der Waals surface area contributed by atoms with E-state index in [4.69, 9.17) is 14.2 Å². The minimum atomic E-state index is -4.14. The van der Waals surface area contributed by atoms with Crippen LogP contribution in [0.1, 0.15) is 15.9 Å². The molecule has 10 heteroatoms. The lowest BCUT2D eigenvalue weighted by molar-refractivity contribution is -0.117. The predicted molar refractivity (Wildman–Crippen MR) is 130 cm³/mol. The molecule has 1 atom stereocenters. The number of anilines is 1. The van der Waals surface area contributed by atoms with E-state index in [2.05, 4.69) is 10.0 Å². The Hall–Kier alpha value is -3.89. The summed E-state index contributed by atoms with van der Waals surface area (Å²) in [5.41, 5.74) is 1.08. The molecule has 0 bridgehead atoms. The molecule has 1 unspecified atom stereocenters. The number of amides is 1. The van der Waals surface area contributed by atoms with Gasteiger partial charge in [0.25, 0.3) is 0 Å². The minimum Gasteiger partial charge on any atom is -0.493 e. The fraction of sp³-hybridized carbons (Fsp3) is 0.200. The first-order chi connectivity index (χ1) is 16.8. The molecule has 3 rings (SSSR count). The second-order valence-electron chi connectivity index (χ2n) is 7.41. The first kappa shape index (κ1) is 25.7. The number of hydrogen-bond donors (Lipinski definition) is 2. The number of benzene rings is 3. The van der Waals surface area contributed by atoms with Crippen LogP contribution in [0, 0.1) is 0 Å². The van der Waals surface area contributed by atoms with E-state index >= 15 is 0 Å². The van der Waals surface area contributed by atoms with Crippen molar-refractivity contribution in [2.45, 2.75) is 17.4 Å². The second kappa shape index (κ2) is 11.5. The van der Waals surface area contributed by atoms with Crippen molar-refractivity contribution in [2.24, 2.45) is 0 Å². The number of hydrogen-bond acceptors (Lipinski definition) is 7. The van der Waals surface area contributed by atoms with Gasteiger partial charge in [-0.2, -0.15) is 4.72 Å². The topological polar surface area (TPSA) is 120 Å². The van der Waals surface area contributed by atoms with Crippen molar-refractivity contribution in [3.8, 4) is 11.5 Å². The smallest absolute Gasteiger partial charge is 0.339 e. The van der Waals surface area contributed by atoms with E-state index in [9.17, 15) is 18.0 Å². The molecule has 0 radical (unpaired) electrons. The van der Waals surface area contributed by atoms with Crippen LogP contribution in [0.3, 0.4) is 0 Å². The molecule has 184 valence electrons. The summed E-state index contributed by atoms with van der Waals surface area (Å²) in [6.07, 6.45) is 0.0690. The SMILES string of the molecule is COC(=O)c1ccccc1NC(=O)C(Cc1ccccc1)NS(=O)(=O)c1ccc(OC)c(OC)c1. The van der Waals surface area contributed by atoms with E-state index < -0.39 is 27.9 Å². The summed E-state index contributed by atoms with van der Waals surface area (Å²) in [5, 5.41) is 2.65.